The average Bonchev–Trinajstić information content (AvgIpc) is 3.63. The fourth-order valence-electron chi connectivity index (χ4n) is 5.48. The summed E-state index contributed by atoms with van der Waals surface area (Å²) >= 11 is 0. The first-order chi connectivity index (χ1) is 23.2. The highest BCUT2D eigenvalue weighted by Crippen LogP contribution is 2.36. The molecule has 2 aromatic heterocycles. The molecular formula is C30H50N6O12. The lowest BCUT2D eigenvalue weighted by molar-refractivity contribution is -0.256. The predicted octanol–water partition coefficient (Wildman–Crippen LogP) is -0.746. The van der Waals surface area contributed by atoms with Gasteiger partial charge in [-0.15, -0.1) is 0 Å². The zero-order valence-electron chi connectivity index (χ0n) is 27.7. The number of methoxy groups -OCH3 is 1. The monoisotopic (exact) mass is 686 g/mol. The number of anilines is 1. The number of nitrogens with two attached hydrogens (primary N) is 1. The fourth-order valence-corrected chi connectivity index (χ4v) is 5.48. The van der Waals surface area contributed by atoms with Gasteiger partial charge in [-0.2, -0.15) is 0 Å². The summed E-state index contributed by atoms with van der Waals surface area (Å²) in [6.45, 7) is 5.26. The predicted molar refractivity (Wildman–Crippen MR) is 167 cm³/mol. The molecule has 1 amide bonds. The number of nitrogens with zero attached hydrogens (tertiary/aromatic N) is 4. The minimum Gasteiger partial charge on any atom is -0.394 e. The Labute approximate surface area is 279 Å². The van der Waals surface area contributed by atoms with Gasteiger partial charge in [0, 0.05) is 33.1 Å². The van der Waals surface area contributed by atoms with Crippen LogP contribution >= 0.6 is 0 Å². The van der Waals surface area contributed by atoms with Gasteiger partial charge in [0.05, 0.1) is 51.6 Å². The van der Waals surface area contributed by atoms with E-state index in [2.05, 4.69) is 20.3 Å². The molecule has 4 heterocycles. The van der Waals surface area contributed by atoms with Gasteiger partial charge >= 0.3 is 0 Å². The molecule has 6 N–H and O–H groups in total. The molecule has 2 aromatic rings. The maximum Gasteiger partial charge on any atom is 0.220 e. The second-order valence-electron chi connectivity index (χ2n) is 11.8. The van der Waals surface area contributed by atoms with E-state index >= 15 is 0 Å². The third-order valence-electron chi connectivity index (χ3n) is 7.81. The molecule has 2 aliphatic rings. The van der Waals surface area contributed by atoms with Crippen molar-refractivity contribution in [1.82, 2.24) is 24.8 Å². The molecule has 18 heteroatoms. The summed E-state index contributed by atoms with van der Waals surface area (Å²) in [6, 6.07) is 0. The SMILES string of the molecule is COC[C@H]1O[C@@H](n2cnc3c(N)ncnc32)[C@H](OCOCCOCCNC(=O)CCCCO[C@H]2C[C@@H](O)[C@@H](O)[C@@H](CO)O2)[C@@H]1OC(C)C. The van der Waals surface area contributed by atoms with E-state index in [0.29, 0.717) is 56.8 Å². The number of carbonyl (C=O) groups is 1. The van der Waals surface area contributed by atoms with E-state index in [1.54, 1.807) is 18.0 Å². The Bertz CT molecular complexity index is 1240. The number of rotatable bonds is 21. The van der Waals surface area contributed by atoms with Gasteiger partial charge in [0.1, 0.15) is 49.2 Å². The summed E-state index contributed by atoms with van der Waals surface area (Å²) in [5.41, 5.74) is 6.95. The number of aliphatic hydroxyl groups excluding tert-OH is 3. The first-order valence-electron chi connectivity index (χ1n) is 16.2. The van der Waals surface area contributed by atoms with Crippen molar-refractivity contribution in [2.24, 2.45) is 0 Å². The van der Waals surface area contributed by atoms with E-state index in [1.807, 2.05) is 13.8 Å². The van der Waals surface area contributed by atoms with Crippen LogP contribution in [0.15, 0.2) is 12.7 Å². The molecule has 2 saturated heterocycles. The summed E-state index contributed by atoms with van der Waals surface area (Å²) < 4.78 is 48.1. The number of hydrogen-bond acceptors (Lipinski definition) is 16. The Morgan fingerprint density at radius 2 is 1.88 bits per heavy atom. The number of amides is 1. The molecule has 18 nitrogen and oxygen atoms in total. The summed E-state index contributed by atoms with van der Waals surface area (Å²) in [7, 11) is 1.59. The molecule has 4 rings (SSSR count). The van der Waals surface area contributed by atoms with Gasteiger partial charge < -0.3 is 64.3 Å². The van der Waals surface area contributed by atoms with Crippen LogP contribution in [0, 0.1) is 0 Å². The topological polar surface area (TPSA) is 233 Å². The first kappa shape index (κ1) is 38.2. The van der Waals surface area contributed by atoms with Crippen LogP contribution in [0.2, 0.25) is 0 Å². The van der Waals surface area contributed by atoms with Gasteiger partial charge in [0.2, 0.25) is 5.91 Å². The quantitative estimate of drug-likeness (QED) is 0.0803. The van der Waals surface area contributed by atoms with Crippen molar-refractivity contribution in [2.45, 2.75) is 94.8 Å². The maximum absolute atomic E-state index is 12.1. The molecule has 0 unspecified atom stereocenters. The lowest BCUT2D eigenvalue weighted by Crippen LogP contribution is -2.50. The smallest absolute Gasteiger partial charge is 0.220 e. The molecule has 0 bridgehead atoms. The van der Waals surface area contributed by atoms with Crippen LogP contribution in [-0.2, 0) is 42.7 Å². The average molecular weight is 687 g/mol. The number of nitrogens with one attached hydrogen (secondary N) is 1. The molecular weight excluding hydrogens is 636 g/mol. The Morgan fingerprint density at radius 3 is 2.65 bits per heavy atom. The van der Waals surface area contributed by atoms with Crippen molar-refractivity contribution in [1.29, 1.82) is 0 Å². The Balaban J connectivity index is 1.10. The van der Waals surface area contributed by atoms with Crippen LogP contribution in [0.4, 0.5) is 5.82 Å². The largest absolute Gasteiger partial charge is 0.394 e. The normalized spacial score (nSPS) is 27.6. The lowest BCUT2D eigenvalue weighted by atomic mass is 10.0. The fraction of sp³-hybridized carbons (Fsp3) is 0.800. The van der Waals surface area contributed by atoms with Crippen LogP contribution in [0.1, 0.15) is 45.8 Å². The van der Waals surface area contributed by atoms with Gasteiger partial charge in [-0.3, -0.25) is 9.36 Å². The van der Waals surface area contributed by atoms with Gasteiger partial charge in [0.25, 0.3) is 0 Å². The summed E-state index contributed by atoms with van der Waals surface area (Å²) in [5, 5.41) is 31.7. The second-order valence-corrected chi connectivity index (χ2v) is 11.8. The Hall–Kier alpha value is -2.62. The van der Waals surface area contributed by atoms with Crippen molar-refractivity contribution in [2.75, 3.05) is 65.8 Å². The molecule has 0 aromatic carbocycles. The number of ether oxygens (including phenoxy) is 8. The van der Waals surface area contributed by atoms with E-state index < -0.39 is 55.7 Å². The molecule has 0 spiro atoms. The highest BCUT2D eigenvalue weighted by atomic mass is 16.7. The Kier molecular flexibility index (Phi) is 15.5. The van der Waals surface area contributed by atoms with Crippen molar-refractivity contribution in [3.63, 3.8) is 0 Å². The number of imidazole rings is 1. The highest BCUT2D eigenvalue weighted by molar-refractivity contribution is 5.81. The standard InChI is InChI=1S/C30H50N6O12/c1-18(2)46-26-21(14-41-3)48-30(36-16-35-24-28(31)33-15-34-29(24)36)27(26)45-17-43-11-10-42-9-7-32-22(39)6-4-5-8-44-23-12-19(38)25(40)20(13-37)47-23/h15-16,18-21,23,25-27,30,37-38,40H,4-14,17H2,1-3H3,(H,32,39)(H2,31,33,34)/t19-,20-,21-,23-,25-,26-,27-,30-/m1/s1. The third kappa shape index (κ3) is 10.7. The summed E-state index contributed by atoms with van der Waals surface area (Å²) in [6.07, 6.45) is -1.35. The van der Waals surface area contributed by atoms with Gasteiger partial charge in [-0.25, -0.2) is 15.0 Å². The summed E-state index contributed by atoms with van der Waals surface area (Å²) in [4.78, 5) is 24.8. The molecule has 0 saturated carbocycles. The molecule has 272 valence electrons. The zero-order valence-corrected chi connectivity index (χ0v) is 27.7. The van der Waals surface area contributed by atoms with Crippen molar-refractivity contribution < 1.29 is 58.0 Å². The number of aliphatic hydroxyl groups is 3. The van der Waals surface area contributed by atoms with E-state index in [0.717, 1.165) is 0 Å². The van der Waals surface area contributed by atoms with Crippen LogP contribution in [0.3, 0.4) is 0 Å². The van der Waals surface area contributed by atoms with Gasteiger partial charge in [-0.1, -0.05) is 0 Å². The number of unbranched alkanes of at least 4 members (excludes halogenated alkanes) is 1. The van der Waals surface area contributed by atoms with Crippen LogP contribution in [-0.4, -0.2) is 150 Å². The van der Waals surface area contributed by atoms with Gasteiger partial charge in [0.15, 0.2) is 24.0 Å². The number of aromatic nitrogens is 4. The third-order valence-corrected chi connectivity index (χ3v) is 7.81. The second kappa shape index (κ2) is 19.5. The van der Waals surface area contributed by atoms with Crippen molar-refractivity contribution in [3.8, 4) is 0 Å². The van der Waals surface area contributed by atoms with E-state index in [-0.39, 0.29) is 44.3 Å². The molecule has 2 fully saturated rings. The van der Waals surface area contributed by atoms with Crippen molar-refractivity contribution in [3.05, 3.63) is 12.7 Å². The number of hydrogen-bond donors (Lipinski definition) is 5. The number of carbonyl (C=O) groups excluding carboxylic acids is 1. The van der Waals surface area contributed by atoms with Gasteiger partial charge in [-0.05, 0) is 26.7 Å². The zero-order chi connectivity index (χ0) is 34.5. The maximum atomic E-state index is 12.1. The number of fused-ring (bicyclic) bond motifs is 1. The summed E-state index contributed by atoms with van der Waals surface area (Å²) in [5.74, 6) is 0.158. The first-order valence-corrected chi connectivity index (χ1v) is 16.2. The Morgan fingerprint density at radius 1 is 1.06 bits per heavy atom. The van der Waals surface area contributed by atoms with Crippen LogP contribution in [0.25, 0.3) is 11.2 Å². The van der Waals surface area contributed by atoms with Crippen LogP contribution < -0.4 is 11.1 Å². The van der Waals surface area contributed by atoms with E-state index in [4.69, 9.17) is 43.6 Å². The molecule has 0 aliphatic carbocycles. The minimum absolute atomic E-state index is 0.0484. The van der Waals surface area contributed by atoms with Crippen LogP contribution in [0.5, 0.6) is 0 Å². The number of nitrogen functional groups attached to an aromatic ring is 1. The molecule has 2 aliphatic heterocycles. The van der Waals surface area contributed by atoms with Crippen molar-refractivity contribution >= 4 is 22.9 Å². The molecule has 48 heavy (non-hydrogen) atoms. The highest BCUT2D eigenvalue weighted by Gasteiger charge is 2.48. The van der Waals surface area contributed by atoms with E-state index in [1.165, 1.54) is 6.33 Å². The molecule has 0 radical (unpaired) electrons. The lowest BCUT2D eigenvalue weighted by Gasteiger charge is -2.36. The minimum atomic E-state index is -1.14. The van der Waals surface area contributed by atoms with E-state index in [9.17, 15) is 20.1 Å². The molecule has 8 atom stereocenters.